The molecule has 0 atom stereocenters. The molecule has 0 fully saturated rings. The summed E-state index contributed by atoms with van der Waals surface area (Å²) in [6, 6.07) is 10.7. The number of halogens is 4. The fourth-order valence-corrected chi connectivity index (χ4v) is 3.26. The number of benzene rings is 2. The largest absolute Gasteiger partial charge is 0.481 e. The van der Waals surface area contributed by atoms with Gasteiger partial charge in [-0.3, -0.25) is 4.79 Å². The molecule has 0 spiro atoms. The molecule has 0 bridgehead atoms. The summed E-state index contributed by atoms with van der Waals surface area (Å²) >= 11 is 3.34. The minimum Gasteiger partial charge on any atom is -0.481 e. The van der Waals surface area contributed by atoms with Gasteiger partial charge in [-0.25, -0.2) is 0 Å². The van der Waals surface area contributed by atoms with E-state index in [-0.39, 0.29) is 18.5 Å². The van der Waals surface area contributed by atoms with Gasteiger partial charge in [0, 0.05) is 28.1 Å². The van der Waals surface area contributed by atoms with Crippen molar-refractivity contribution in [2.24, 2.45) is 0 Å². The Balaban J connectivity index is 2.10. The molecule has 1 aromatic heterocycles. The van der Waals surface area contributed by atoms with Gasteiger partial charge in [-0.05, 0) is 35.4 Å². The van der Waals surface area contributed by atoms with E-state index in [1.807, 2.05) is 0 Å². The lowest BCUT2D eigenvalue weighted by molar-refractivity contribution is -0.138. The van der Waals surface area contributed by atoms with E-state index >= 15 is 0 Å². The molecule has 0 aliphatic rings. The van der Waals surface area contributed by atoms with E-state index in [1.165, 1.54) is 12.1 Å². The van der Waals surface area contributed by atoms with Crippen LogP contribution >= 0.6 is 15.9 Å². The van der Waals surface area contributed by atoms with Gasteiger partial charge in [0.05, 0.1) is 12.0 Å². The first-order valence-electron chi connectivity index (χ1n) is 7.40. The summed E-state index contributed by atoms with van der Waals surface area (Å²) in [6.45, 7) is 0.00738. The topological polar surface area (TPSA) is 42.2 Å². The average Bonchev–Trinajstić information content (AvgIpc) is 2.83. The highest BCUT2D eigenvalue weighted by atomic mass is 79.9. The molecule has 0 unspecified atom stereocenters. The first-order chi connectivity index (χ1) is 11.8. The SMILES string of the molecule is O=C(O)Cc1cn(Cc2ccccc2C(F)(F)F)c2ccc(Br)cc12. The summed E-state index contributed by atoms with van der Waals surface area (Å²) in [5, 5.41) is 9.79. The van der Waals surface area contributed by atoms with E-state index < -0.39 is 17.7 Å². The first-order valence-corrected chi connectivity index (χ1v) is 8.19. The van der Waals surface area contributed by atoms with Gasteiger partial charge in [0.15, 0.2) is 0 Å². The van der Waals surface area contributed by atoms with Crippen LogP contribution in [0.2, 0.25) is 0 Å². The van der Waals surface area contributed by atoms with Gasteiger partial charge in [0.2, 0.25) is 0 Å². The predicted molar refractivity (Wildman–Crippen MR) is 91.5 cm³/mol. The van der Waals surface area contributed by atoms with E-state index in [1.54, 1.807) is 35.0 Å². The zero-order valence-electron chi connectivity index (χ0n) is 12.8. The molecule has 7 heteroatoms. The number of hydrogen-bond donors (Lipinski definition) is 1. The Labute approximate surface area is 149 Å². The van der Waals surface area contributed by atoms with Crippen molar-refractivity contribution in [2.75, 3.05) is 0 Å². The maximum atomic E-state index is 13.2. The molecular weight excluding hydrogens is 399 g/mol. The monoisotopic (exact) mass is 411 g/mol. The summed E-state index contributed by atoms with van der Waals surface area (Å²) < 4.78 is 42.0. The fourth-order valence-electron chi connectivity index (χ4n) is 2.90. The van der Waals surface area contributed by atoms with Crippen LogP contribution in [0.3, 0.4) is 0 Å². The third-order valence-corrected chi connectivity index (χ3v) is 4.42. The molecule has 1 N–H and O–H groups in total. The summed E-state index contributed by atoms with van der Waals surface area (Å²) in [7, 11) is 0. The molecule has 3 rings (SSSR count). The molecule has 0 saturated heterocycles. The van der Waals surface area contributed by atoms with Crippen molar-refractivity contribution in [3.8, 4) is 0 Å². The quantitative estimate of drug-likeness (QED) is 0.648. The normalized spacial score (nSPS) is 11.8. The standard InChI is InChI=1S/C18H13BrF3NO2/c19-13-5-6-16-14(8-13)12(7-17(24)25)10-23(16)9-11-3-1-2-4-15(11)18(20,21)22/h1-6,8,10H,7,9H2,(H,24,25). The molecule has 25 heavy (non-hydrogen) atoms. The smallest absolute Gasteiger partial charge is 0.416 e. The molecule has 2 aromatic carbocycles. The van der Waals surface area contributed by atoms with Gasteiger partial charge < -0.3 is 9.67 Å². The lowest BCUT2D eigenvalue weighted by Crippen LogP contribution is -2.11. The van der Waals surface area contributed by atoms with Gasteiger partial charge in [-0.1, -0.05) is 34.1 Å². The Morgan fingerprint density at radius 3 is 2.52 bits per heavy atom. The molecule has 0 aliphatic carbocycles. The van der Waals surface area contributed by atoms with Crippen LogP contribution in [0.4, 0.5) is 13.2 Å². The van der Waals surface area contributed by atoms with Crippen LogP contribution in [0.25, 0.3) is 10.9 Å². The number of aromatic nitrogens is 1. The number of carbonyl (C=O) groups is 1. The maximum Gasteiger partial charge on any atom is 0.416 e. The van der Waals surface area contributed by atoms with Gasteiger partial charge in [-0.2, -0.15) is 13.2 Å². The van der Waals surface area contributed by atoms with Crippen LogP contribution in [0, 0.1) is 0 Å². The third-order valence-electron chi connectivity index (χ3n) is 3.93. The number of rotatable bonds is 4. The summed E-state index contributed by atoms with van der Waals surface area (Å²) in [6.07, 6.45) is -3.02. The van der Waals surface area contributed by atoms with Crippen molar-refractivity contribution in [2.45, 2.75) is 19.1 Å². The van der Waals surface area contributed by atoms with E-state index in [4.69, 9.17) is 5.11 Å². The maximum absolute atomic E-state index is 13.2. The summed E-state index contributed by atoms with van der Waals surface area (Å²) in [4.78, 5) is 11.1. The van der Waals surface area contributed by atoms with Crippen molar-refractivity contribution in [1.29, 1.82) is 0 Å². The minimum absolute atomic E-state index is 0.00738. The fraction of sp³-hybridized carbons (Fsp3) is 0.167. The average molecular weight is 412 g/mol. The molecule has 130 valence electrons. The van der Waals surface area contributed by atoms with E-state index in [2.05, 4.69) is 15.9 Å². The lowest BCUT2D eigenvalue weighted by Gasteiger charge is -2.13. The minimum atomic E-state index is -4.44. The predicted octanol–water partition coefficient (Wildman–Crippen LogP) is 5.10. The summed E-state index contributed by atoms with van der Waals surface area (Å²) in [5.41, 5.74) is 0.704. The summed E-state index contributed by atoms with van der Waals surface area (Å²) in [5.74, 6) is -0.991. The molecule has 0 saturated carbocycles. The number of aliphatic carboxylic acids is 1. The van der Waals surface area contributed by atoms with Crippen molar-refractivity contribution >= 4 is 32.8 Å². The highest BCUT2D eigenvalue weighted by Crippen LogP contribution is 2.33. The Kier molecular flexibility index (Phi) is 4.60. The number of hydrogen-bond acceptors (Lipinski definition) is 1. The number of carboxylic acid groups (broad SMARTS) is 1. The molecule has 0 aliphatic heterocycles. The number of carboxylic acids is 1. The van der Waals surface area contributed by atoms with Crippen LogP contribution in [-0.2, 0) is 23.9 Å². The van der Waals surface area contributed by atoms with Gasteiger partial charge in [-0.15, -0.1) is 0 Å². The second-order valence-electron chi connectivity index (χ2n) is 5.67. The highest BCUT2D eigenvalue weighted by molar-refractivity contribution is 9.10. The van der Waals surface area contributed by atoms with Crippen LogP contribution in [0.1, 0.15) is 16.7 Å². The third kappa shape index (κ3) is 3.71. The molecular formula is C18H13BrF3NO2. The molecule has 3 nitrogen and oxygen atoms in total. The van der Waals surface area contributed by atoms with Crippen molar-refractivity contribution < 1.29 is 23.1 Å². The van der Waals surface area contributed by atoms with Crippen molar-refractivity contribution in [3.05, 3.63) is 69.8 Å². The van der Waals surface area contributed by atoms with E-state index in [0.29, 0.717) is 16.5 Å². The Morgan fingerprint density at radius 2 is 1.84 bits per heavy atom. The Hall–Kier alpha value is -2.28. The molecule has 3 aromatic rings. The van der Waals surface area contributed by atoms with Crippen LogP contribution in [-0.4, -0.2) is 15.6 Å². The zero-order valence-corrected chi connectivity index (χ0v) is 14.4. The Bertz CT molecular complexity index is 947. The van der Waals surface area contributed by atoms with E-state index in [0.717, 1.165) is 10.5 Å². The van der Waals surface area contributed by atoms with Crippen LogP contribution < -0.4 is 0 Å². The zero-order chi connectivity index (χ0) is 18.2. The van der Waals surface area contributed by atoms with Gasteiger partial charge >= 0.3 is 12.1 Å². The molecule has 0 amide bonds. The number of nitrogens with zero attached hydrogens (tertiary/aromatic N) is 1. The second-order valence-corrected chi connectivity index (χ2v) is 6.58. The number of alkyl halides is 3. The lowest BCUT2D eigenvalue weighted by atomic mass is 10.1. The van der Waals surface area contributed by atoms with Crippen molar-refractivity contribution in [3.63, 3.8) is 0 Å². The second kappa shape index (κ2) is 6.55. The van der Waals surface area contributed by atoms with Crippen molar-refractivity contribution in [1.82, 2.24) is 4.57 Å². The molecule has 0 radical (unpaired) electrons. The van der Waals surface area contributed by atoms with Gasteiger partial charge in [0.25, 0.3) is 0 Å². The highest BCUT2D eigenvalue weighted by Gasteiger charge is 2.33. The first kappa shape index (κ1) is 17.5. The Morgan fingerprint density at radius 1 is 1.12 bits per heavy atom. The van der Waals surface area contributed by atoms with E-state index in [9.17, 15) is 18.0 Å². The van der Waals surface area contributed by atoms with Crippen LogP contribution in [0.15, 0.2) is 53.1 Å². The van der Waals surface area contributed by atoms with Gasteiger partial charge in [0.1, 0.15) is 0 Å². The molecule has 1 heterocycles. The van der Waals surface area contributed by atoms with Crippen LogP contribution in [0.5, 0.6) is 0 Å². The number of fused-ring (bicyclic) bond motifs is 1.